The van der Waals surface area contributed by atoms with Gasteiger partial charge in [0, 0.05) is 35.2 Å². The highest BCUT2D eigenvalue weighted by Gasteiger charge is 2.17. The van der Waals surface area contributed by atoms with Crippen LogP contribution in [0.3, 0.4) is 0 Å². The zero-order chi connectivity index (χ0) is 19.5. The average Bonchev–Trinajstić information content (AvgIpc) is 3.36. The van der Waals surface area contributed by atoms with Gasteiger partial charge < -0.3 is 4.52 Å². The Morgan fingerprint density at radius 3 is 2.89 bits per heavy atom. The van der Waals surface area contributed by atoms with E-state index < -0.39 is 0 Å². The molecule has 0 aliphatic carbocycles. The molecule has 0 saturated carbocycles. The molecular formula is C20H13ClFN5O. The van der Waals surface area contributed by atoms with Crippen molar-refractivity contribution < 1.29 is 8.91 Å². The Morgan fingerprint density at radius 1 is 1.21 bits per heavy atom. The molecule has 4 aromatic rings. The maximum atomic E-state index is 14.1. The summed E-state index contributed by atoms with van der Waals surface area (Å²) in [7, 11) is 0. The molecule has 3 aromatic heterocycles. The van der Waals surface area contributed by atoms with Crippen LogP contribution in [0.2, 0.25) is 5.02 Å². The topological polar surface area (TPSA) is 69.6 Å². The second kappa shape index (κ2) is 7.62. The first-order valence-corrected chi connectivity index (χ1v) is 8.73. The Balaban J connectivity index is 1.54. The lowest BCUT2D eigenvalue weighted by Crippen LogP contribution is -2.09. The van der Waals surface area contributed by atoms with Gasteiger partial charge in [0.25, 0.3) is 0 Å². The monoisotopic (exact) mass is 393 g/mol. The number of hydrogen-bond acceptors (Lipinski definition) is 5. The van der Waals surface area contributed by atoms with E-state index in [9.17, 15) is 4.39 Å². The number of aromatic nitrogens is 5. The van der Waals surface area contributed by atoms with Crippen molar-refractivity contribution in [1.82, 2.24) is 24.9 Å². The van der Waals surface area contributed by atoms with Crippen molar-refractivity contribution in [3.05, 3.63) is 82.9 Å². The predicted molar refractivity (Wildman–Crippen MR) is 101 cm³/mol. The van der Waals surface area contributed by atoms with Gasteiger partial charge in [-0.25, -0.2) is 9.37 Å². The molecule has 0 bridgehead atoms. The van der Waals surface area contributed by atoms with E-state index in [0.717, 1.165) is 0 Å². The Morgan fingerprint density at radius 2 is 2.11 bits per heavy atom. The third-order valence-corrected chi connectivity index (χ3v) is 4.41. The smallest absolute Gasteiger partial charge is 0.188 e. The summed E-state index contributed by atoms with van der Waals surface area (Å²) in [6.07, 6.45) is 8.05. The maximum Gasteiger partial charge on any atom is 0.188 e. The van der Waals surface area contributed by atoms with E-state index in [0.29, 0.717) is 33.3 Å². The van der Waals surface area contributed by atoms with Gasteiger partial charge >= 0.3 is 0 Å². The van der Waals surface area contributed by atoms with Gasteiger partial charge in [-0.05, 0) is 25.0 Å². The van der Waals surface area contributed by atoms with Gasteiger partial charge in [-0.2, -0.15) is 5.10 Å². The van der Waals surface area contributed by atoms with Gasteiger partial charge in [-0.1, -0.05) is 28.7 Å². The maximum absolute atomic E-state index is 14.1. The number of halogens is 2. The van der Waals surface area contributed by atoms with E-state index in [4.69, 9.17) is 16.1 Å². The van der Waals surface area contributed by atoms with Crippen LogP contribution in [0.1, 0.15) is 29.8 Å². The molecule has 1 unspecified atom stereocenters. The normalized spacial score (nSPS) is 11.7. The van der Waals surface area contributed by atoms with E-state index in [1.54, 1.807) is 53.9 Å². The van der Waals surface area contributed by atoms with Crippen molar-refractivity contribution in [2.45, 2.75) is 13.0 Å². The van der Waals surface area contributed by atoms with E-state index in [2.05, 4.69) is 32.1 Å². The van der Waals surface area contributed by atoms with Crippen molar-refractivity contribution in [1.29, 1.82) is 0 Å². The summed E-state index contributed by atoms with van der Waals surface area (Å²) in [6, 6.07) is 5.91. The molecule has 0 fully saturated rings. The van der Waals surface area contributed by atoms with Crippen LogP contribution in [0.5, 0.6) is 0 Å². The molecule has 8 heteroatoms. The fourth-order valence-electron chi connectivity index (χ4n) is 2.67. The molecule has 0 saturated heterocycles. The minimum absolute atomic E-state index is 0.356. The molecule has 0 aliphatic rings. The molecule has 28 heavy (non-hydrogen) atoms. The van der Waals surface area contributed by atoms with Crippen LogP contribution in [0.4, 0.5) is 4.39 Å². The van der Waals surface area contributed by atoms with Crippen LogP contribution < -0.4 is 0 Å². The first-order valence-electron chi connectivity index (χ1n) is 8.35. The summed E-state index contributed by atoms with van der Waals surface area (Å²) in [4.78, 5) is 8.13. The second-order valence-corrected chi connectivity index (χ2v) is 6.34. The highest BCUT2D eigenvalue weighted by atomic mass is 35.5. The highest BCUT2D eigenvalue weighted by molar-refractivity contribution is 6.31. The molecule has 6 nitrogen and oxygen atoms in total. The Hall–Kier alpha value is -3.50. The molecule has 0 radical (unpaired) electrons. The van der Waals surface area contributed by atoms with Gasteiger partial charge in [0.1, 0.15) is 11.5 Å². The summed E-state index contributed by atoms with van der Waals surface area (Å²) in [5, 5.41) is 8.53. The van der Waals surface area contributed by atoms with Crippen LogP contribution in [0.15, 0.2) is 59.8 Å². The van der Waals surface area contributed by atoms with Gasteiger partial charge in [0.15, 0.2) is 11.5 Å². The number of benzene rings is 1. The van der Waals surface area contributed by atoms with Crippen LogP contribution in [-0.4, -0.2) is 24.9 Å². The SMILES string of the molecule is CC(c1c(F)cccc1Cl)n1cc(C#Cc2cc(-c3cnccn3)on2)cn1. The first-order chi connectivity index (χ1) is 13.6. The van der Waals surface area contributed by atoms with Crippen LogP contribution in [0.25, 0.3) is 11.5 Å². The zero-order valence-electron chi connectivity index (χ0n) is 14.7. The van der Waals surface area contributed by atoms with Crippen molar-refractivity contribution in [3.63, 3.8) is 0 Å². The van der Waals surface area contributed by atoms with Gasteiger partial charge in [0.05, 0.1) is 24.0 Å². The fraction of sp³-hybridized carbons (Fsp3) is 0.100. The zero-order valence-corrected chi connectivity index (χ0v) is 15.4. The molecule has 0 aliphatic heterocycles. The summed E-state index contributed by atoms with van der Waals surface area (Å²) >= 11 is 6.14. The lowest BCUT2D eigenvalue weighted by atomic mass is 10.1. The van der Waals surface area contributed by atoms with Crippen LogP contribution in [-0.2, 0) is 0 Å². The predicted octanol–water partition coefficient (Wildman–Crippen LogP) is 4.13. The van der Waals surface area contributed by atoms with E-state index >= 15 is 0 Å². The van der Waals surface area contributed by atoms with Gasteiger partial charge in [0.2, 0.25) is 0 Å². The molecule has 1 aromatic carbocycles. The largest absolute Gasteiger partial charge is 0.353 e. The second-order valence-electron chi connectivity index (χ2n) is 5.94. The molecular weight excluding hydrogens is 381 g/mol. The fourth-order valence-corrected chi connectivity index (χ4v) is 2.99. The van der Waals surface area contributed by atoms with Crippen molar-refractivity contribution in [2.24, 2.45) is 0 Å². The standard InChI is InChI=1S/C20H13ClFN5O/c1-13(20-16(21)3-2-4-17(20)22)27-12-14(10-25-27)5-6-15-9-19(28-26-15)18-11-23-7-8-24-18/h2-4,7-13H,1H3. The Labute approximate surface area is 165 Å². The molecule has 0 spiro atoms. The van der Waals surface area contributed by atoms with Crippen LogP contribution >= 0.6 is 11.6 Å². The van der Waals surface area contributed by atoms with E-state index in [1.165, 1.54) is 6.07 Å². The number of rotatable bonds is 3. The highest BCUT2D eigenvalue weighted by Crippen LogP contribution is 2.28. The molecule has 0 N–H and O–H groups in total. The minimum atomic E-state index is -0.375. The number of hydrogen-bond donors (Lipinski definition) is 0. The Kier molecular flexibility index (Phi) is 4.87. The van der Waals surface area contributed by atoms with Crippen molar-refractivity contribution in [3.8, 4) is 23.3 Å². The summed E-state index contributed by atoms with van der Waals surface area (Å²) in [5.74, 6) is 5.98. The molecule has 1 atom stereocenters. The lowest BCUT2D eigenvalue weighted by Gasteiger charge is -2.14. The van der Waals surface area contributed by atoms with Crippen molar-refractivity contribution in [2.75, 3.05) is 0 Å². The Bertz CT molecular complexity index is 1160. The van der Waals surface area contributed by atoms with E-state index in [1.807, 2.05) is 6.92 Å². The van der Waals surface area contributed by atoms with E-state index in [-0.39, 0.29) is 11.9 Å². The van der Waals surface area contributed by atoms with Crippen LogP contribution in [0, 0.1) is 17.7 Å². The first kappa shape index (κ1) is 17.9. The van der Waals surface area contributed by atoms with Crippen molar-refractivity contribution >= 4 is 11.6 Å². The average molecular weight is 394 g/mol. The third-order valence-electron chi connectivity index (χ3n) is 4.08. The molecule has 3 heterocycles. The quantitative estimate of drug-likeness (QED) is 0.489. The minimum Gasteiger partial charge on any atom is -0.353 e. The number of nitrogens with zero attached hydrogens (tertiary/aromatic N) is 5. The summed E-state index contributed by atoms with van der Waals surface area (Å²) in [5.41, 5.74) is 2.07. The molecule has 0 amide bonds. The summed E-state index contributed by atoms with van der Waals surface area (Å²) in [6.45, 7) is 1.82. The third kappa shape index (κ3) is 3.63. The lowest BCUT2D eigenvalue weighted by molar-refractivity contribution is 0.429. The molecule has 138 valence electrons. The summed E-state index contributed by atoms with van der Waals surface area (Å²) < 4.78 is 21.0. The van der Waals surface area contributed by atoms with Gasteiger partial charge in [-0.15, -0.1) is 0 Å². The molecule has 4 rings (SSSR count). The van der Waals surface area contributed by atoms with Gasteiger partial charge in [-0.3, -0.25) is 9.67 Å².